The van der Waals surface area contributed by atoms with Gasteiger partial charge in [-0.05, 0) is 32.4 Å². The number of hydrogen-bond donors (Lipinski definition) is 1. The number of nitrogens with one attached hydrogen (secondary N) is 1. The Hall–Kier alpha value is -0.170. The van der Waals surface area contributed by atoms with Crippen molar-refractivity contribution in [3.05, 3.63) is 0 Å². The molecule has 17 heavy (non-hydrogen) atoms. The molecule has 0 saturated carbocycles. The minimum atomic E-state index is -3.07. The van der Waals surface area contributed by atoms with Gasteiger partial charge in [-0.2, -0.15) is 4.31 Å². The number of piperidine rings is 1. The van der Waals surface area contributed by atoms with Crippen molar-refractivity contribution in [2.75, 3.05) is 38.5 Å². The second kappa shape index (κ2) is 5.65. The predicted octanol–water partition coefficient (Wildman–Crippen LogP) is 0.0533. The zero-order chi connectivity index (χ0) is 12.3. The first-order valence-electron chi connectivity index (χ1n) is 6.59. The third-order valence-corrected chi connectivity index (χ3v) is 5.58. The van der Waals surface area contributed by atoms with E-state index in [0.29, 0.717) is 13.1 Å². The lowest BCUT2D eigenvalue weighted by Crippen LogP contribution is -2.53. The van der Waals surface area contributed by atoms with Crippen LogP contribution in [0.15, 0.2) is 0 Å². The van der Waals surface area contributed by atoms with Gasteiger partial charge in [0, 0.05) is 19.6 Å². The predicted molar refractivity (Wildman–Crippen MR) is 68.2 cm³/mol. The van der Waals surface area contributed by atoms with Crippen LogP contribution in [0, 0.1) is 0 Å². The summed E-state index contributed by atoms with van der Waals surface area (Å²) in [7, 11) is -3.07. The minimum absolute atomic E-state index is 0.0960. The van der Waals surface area contributed by atoms with Gasteiger partial charge in [0.25, 0.3) is 0 Å². The Morgan fingerprint density at radius 2 is 2.06 bits per heavy atom. The van der Waals surface area contributed by atoms with Gasteiger partial charge in [0.15, 0.2) is 0 Å². The van der Waals surface area contributed by atoms with E-state index in [1.165, 1.54) is 6.42 Å². The summed E-state index contributed by atoms with van der Waals surface area (Å²) in [4.78, 5) is 2.30. The van der Waals surface area contributed by atoms with Crippen LogP contribution in [0.3, 0.4) is 0 Å². The Morgan fingerprint density at radius 1 is 1.24 bits per heavy atom. The van der Waals surface area contributed by atoms with Crippen molar-refractivity contribution in [3.8, 4) is 0 Å². The van der Waals surface area contributed by atoms with E-state index in [4.69, 9.17) is 0 Å². The second-order valence-electron chi connectivity index (χ2n) is 4.78. The molecule has 0 aliphatic carbocycles. The maximum absolute atomic E-state index is 12.2. The molecule has 6 heteroatoms. The first-order chi connectivity index (χ1) is 8.15. The van der Waals surface area contributed by atoms with Crippen LogP contribution in [0.4, 0.5) is 0 Å². The summed E-state index contributed by atoms with van der Waals surface area (Å²) >= 11 is 0. The van der Waals surface area contributed by atoms with E-state index in [1.54, 1.807) is 4.31 Å². The zero-order valence-corrected chi connectivity index (χ0v) is 11.4. The van der Waals surface area contributed by atoms with Crippen LogP contribution in [-0.2, 0) is 10.0 Å². The molecule has 2 saturated heterocycles. The van der Waals surface area contributed by atoms with Crippen molar-refractivity contribution in [1.29, 1.82) is 0 Å². The Kier molecular flexibility index (Phi) is 4.41. The zero-order valence-electron chi connectivity index (χ0n) is 10.6. The third kappa shape index (κ3) is 2.99. The smallest absolute Gasteiger partial charge is 0.216 e. The molecule has 0 bridgehead atoms. The molecule has 5 nitrogen and oxygen atoms in total. The average molecular weight is 261 g/mol. The standard InChI is InChI=1S/C11H23N3O2S/c1-2-13-8-4-3-5-11(13)14-9-6-12-7-10-17(14,15)16/h11-12H,2-10H2,1H3. The van der Waals surface area contributed by atoms with Gasteiger partial charge in [-0.1, -0.05) is 6.92 Å². The largest absolute Gasteiger partial charge is 0.314 e. The highest BCUT2D eigenvalue weighted by molar-refractivity contribution is 7.89. The molecule has 0 amide bonds. The fraction of sp³-hybridized carbons (Fsp3) is 1.00. The first kappa shape index (κ1) is 13.3. The van der Waals surface area contributed by atoms with E-state index in [0.717, 1.165) is 32.5 Å². The molecule has 0 spiro atoms. The average Bonchev–Trinajstić information content (AvgIpc) is 2.50. The highest BCUT2D eigenvalue weighted by Gasteiger charge is 2.35. The molecule has 2 aliphatic rings. The number of sulfonamides is 1. The number of hydrogen-bond acceptors (Lipinski definition) is 4. The fourth-order valence-corrected chi connectivity index (χ4v) is 4.39. The summed E-state index contributed by atoms with van der Waals surface area (Å²) in [5.41, 5.74) is 0. The highest BCUT2D eigenvalue weighted by atomic mass is 32.2. The van der Waals surface area contributed by atoms with Crippen molar-refractivity contribution in [3.63, 3.8) is 0 Å². The topological polar surface area (TPSA) is 52.6 Å². The van der Waals surface area contributed by atoms with Crippen LogP contribution < -0.4 is 5.32 Å². The molecule has 2 rings (SSSR count). The molecular weight excluding hydrogens is 238 g/mol. The molecular formula is C11H23N3O2S. The van der Waals surface area contributed by atoms with Gasteiger partial charge in [-0.3, -0.25) is 4.90 Å². The molecule has 2 fully saturated rings. The molecule has 2 aliphatic heterocycles. The van der Waals surface area contributed by atoms with E-state index < -0.39 is 10.0 Å². The summed E-state index contributed by atoms with van der Waals surface area (Å²) in [6.07, 6.45) is 3.41. The van der Waals surface area contributed by atoms with Crippen molar-refractivity contribution in [2.24, 2.45) is 0 Å². The molecule has 1 atom stereocenters. The lowest BCUT2D eigenvalue weighted by molar-refractivity contribution is 0.0702. The van der Waals surface area contributed by atoms with Gasteiger partial charge in [0.05, 0.1) is 11.9 Å². The first-order valence-corrected chi connectivity index (χ1v) is 8.20. The van der Waals surface area contributed by atoms with Gasteiger partial charge >= 0.3 is 0 Å². The maximum Gasteiger partial charge on any atom is 0.216 e. The lowest BCUT2D eigenvalue weighted by atomic mass is 10.1. The van der Waals surface area contributed by atoms with Crippen LogP contribution in [0.1, 0.15) is 26.2 Å². The quantitative estimate of drug-likeness (QED) is 0.763. The monoisotopic (exact) mass is 261 g/mol. The van der Waals surface area contributed by atoms with Crippen LogP contribution in [0.2, 0.25) is 0 Å². The van der Waals surface area contributed by atoms with Crippen LogP contribution in [0.25, 0.3) is 0 Å². The van der Waals surface area contributed by atoms with Crippen molar-refractivity contribution >= 4 is 10.0 Å². The van der Waals surface area contributed by atoms with Crippen LogP contribution >= 0.6 is 0 Å². The Morgan fingerprint density at radius 3 is 2.82 bits per heavy atom. The van der Waals surface area contributed by atoms with E-state index in [-0.39, 0.29) is 11.9 Å². The summed E-state index contributed by atoms with van der Waals surface area (Å²) in [6, 6.07) is 0. The summed E-state index contributed by atoms with van der Waals surface area (Å²) in [5, 5.41) is 3.17. The van der Waals surface area contributed by atoms with Crippen molar-refractivity contribution in [2.45, 2.75) is 32.4 Å². The number of rotatable bonds is 2. The maximum atomic E-state index is 12.2. The van der Waals surface area contributed by atoms with Gasteiger partial charge in [0.2, 0.25) is 10.0 Å². The van der Waals surface area contributed by atoms with Gasteiger partial charge in [-0.15, -0.1) is 0 Å². The summed E-state index contributed by atoms with van der Waals surface area (Å²) < 4.78 is 26.2. The SMILES string of the molecule is CCN1CCCCC1N1CCNCCS1(=O)=O. The number of nitrogens with zero attached hydrogens (tertiary/aromatic N) is 2. The summed E-state index contributed by atoms with van der Waals surface area (Å²) in [6.45, 7) is 6.04. The number of likely N-dealkylation sites (tertiary alicyclic amines) is 1. The van der Waals surface area contributed by atoms with Crippen molar-refractivity contribution < 1.29 is 8.42 Å². The molecule has 0 aromatic heterocycles. The van der Waals surface area contributed by atoms with E-state index in [2.05, 4.69) is 17.1 Å². The van der Waals surface area contributed by atoms with E-state index >= 15 is 0 Å². The fourth-order valence-electron chi connectivity index (χ4n) is 2.77. The normalized spacial score (nSPS) is 32.2. The molecule has 1 N–H and O–H groups in total. The van der Waals surface area contributed by atoms with Gasteiger partial charge in [0.1, 0.15) is 0 Å². The molecule has 0 aromatic carbocycles. The third-order valence-electron chi connectivity index (χ3n) is 3.72. The Bertz CT molecular complexity index is 345. The molecule has 1 unspecified atom stereocenters. The molecule has 0 radical (unpaired) electrons. The van der Waals surface area contributed by atoms with Crippen LogP contribution in [-0.4, -0.2) is 62.3 Å². The van der Waals surface area contributed by atoms with Crippen LogP contribution in [0.5, 0.6) is 0 Å². The van der Waals surface area contributed by atoms with E-state index in [9.17, 15) is 8.42 Å². The minimum Gasteiger partial charge on any atom is -0.314 e. The lowest BCUT2D eigenvalue weighted by Gasteiger charge is -2.40. The summed E-state index contributed by atoms with van der Waals surface area (Å²) in [5.74, 6) is 0.237. The van der Waals surface area contributed by atoms with E-state index in [1.807, 2.05) is 0 Å². The van der Waals surface area contributed by atoms with Gasteiger partial charge in [-0.25, -0.2) is 8.42 Å². The molecule has 100 valence electrons. The van der Waals surface area contributed by atoms with Gasteiger partial charge < -0.3 is 5.32 Å². The molecule has 2 heterocycles. The van der Waals surface area contributed by atoms with Crippen molar-refractivity contribution in [1.82, 2.24) is 14.5 Å². The molecule has 0 aromatic rings. The second-order valence-corrected chi connectivity index (χ2v) is 6.82. The Balaban J connectivity index is 2.17. The highest BCUT2D eigenvalue weighted by Crippen LogP contribution is 2.23. The Labute approximate surface area is 104 Å².